The molecule has 6 nitrogen and oxygen atoms in total. The maximum Gasteiger partial charge on any atom is 0.335 e. The van der Waals surface area contributed by atoms with Crippen LogP contribution in [0.4, 0.5) is 5.69 Å². The third-order valence-electron chi connectivity index (χ3n) is 2.04. The molecule has 0 bridgehead atoms. The zero-order valence-corrected chi connectivity index (χ0v) is 10.7. The average Bonchev–Trinajstić information content (AvgIpc) is 2.37. The molecule has 18 heavy (non-hydrogen) atoms. The van der Waals surface area contributed by atoms with Crippen LogP contribution in [0.5, 0.6) is 0 Å². The number of nitrogens with one attached hydrogen (secondary N) is 3. The highest BCUT2D eigenvalue weighted by Crippen LogP contribution is 2.07. The summed E-state index contributed by atoms with van der Waals surface area (Å²) in [7, 11) is 1.61. The molecule has 0 aliphatic carbocycles. The van der Waals surface area contributed by atoms with Gasteiger partial charge in [0.05, 0.1) is 17.9 Å². The molecule has 1 aromatic rings. The molecule has 0 saturated heterocycles. The molecule has 0 aliphatic rings. The maximum atomic E-state index is 10.6. The molecule has 98 valence electrons. The highest BCUT2D eigenvalue weighted by molar-refractivity contribution is 7.80. The van der Waals surface area contributed by atoms with Crippen molar-refractivity contribution in [3.63, 3.8) is 0 Å². The van der Waals surface area contributed by atoms with Gasteiger partial charge in [-0.2, -0.15) is 0 Å². The van der Waals surface area contributed by atoms with Crippen molar-refractivity contribution in [2.75, 3.05) is 25.7 Å². The monoisotopic (exact) mass is 269 g/mol. The minimum atomic E-state index is -0.953. The van der Waals surface area contributed by atoms with Gasteiger partial charge < -0.3 is 15.2 Å². The zero-order valence-electron chi connectivity index (χ0n) is 9.90. The lowest BCUT2D eigenvalue weighted by Crippen LogP contribution is -2.40. The molecular weight excluding hydrogens is 254 g/mol. The number of rotatable bonds is 6. The Kier molecular flexibility index (Phi) is 5.89. The van der Waals surface area contributed by atoms with Gasteiger partial charge in [-0.25, -0.2) is 4.79 Å². The van der Waals surface area contributed by atoms with Crippen LogP contribution in [0, 0.1) is 0 Å². The number of thiocarbonyl (C=S) groups is 1. The van der Waals surface area contributed by atoms with Crippen molar-refractivity contribution < 1.29 is 14.6 Å². The van der Waals surface area contributed by atoms with Crippen LogP contribution in [0.3, 0.4) is 0 Å². The van der Waals surface area contributed by atoms with E-state index in [1.165, 1.54) is 12.1 Å². The second kappa shape index (κ2) is 7.46. The first-order chi connectivity index (χ1) is 8.63. The fourth-order valence-electron chi connectivity index (χ4n) is 1.14. The van der Waals surface area contributed by atoms with E-state index in [2.05, 4.69) is 16.2 Å². The van der Waals surface area contributed by atoms with Gasteiger partial charge >= 0.3 is 5.97 Å². The normalized spacial score (nSPS) is 9.61. The number of carboxylic acid groups (broad SMARTS) is 1. The number of carbonyl (C=O) groups is 1. The van der Waals surface area contributed by atoms with E-state index >= 15 is 0 Å². The molecule has 0 aliphatic heterocycles. The molecule has 0 spiro atoms. The molecule has 0 heterocycles. The van der Waals surface area contributed by atoms with Crippen LogP contribution >= 0.6 is 12.2 Å². The minimum absolute atomic E-state index is 0.237. The number of benzene rings is 1. The molecule has 0 radical (unpaired) electrons. The summed E-state index contributed by atoms with van der Waals surface area (Å²) in [5.74, 6) is -0.953. The summed E-state index contributed by atoms with van der Waals surface area (Å²) < 4.78 is 4.86. The molecule has 7 heteroatoms. The van der Waals surface area contributed by atoms with Crippen LogP contribution in [-0.4, -0.2) is 36.4 Å². The molecule has 0 amide bonds. The summed E-state index contributed by atoms with van der Waals surface area (Å²) in [6.45, 7) is 1.18. The van der Waals surface area contributed by atoms with Crippen molar-refractivity contribution in [1.29, 1.82) is 0 Å². The number of ether oxygens (including phenoxy) is 1. The Morgan fingerprint density at radius 2 is 2.06 bits per heavy atom. The van der Waals surface area contributed by atoms with E-state index in [4.69, 9.17) is 22.1 Å². The second-order valence-corrected chi connectivity index (χ2v) is 3.79. The van der Waals surface area contributed by atoms with Crippen molar-refractivity contribution in [2.45, 2.75) is 0 Å². The summed E-state index contributed by atoms with van der Waals surface area (Å²) in [5, 5.41) is 12.1. The van der Waals surface area contributed by atoms with Gasteiger partial charge in [0.1, 0.15) is 0 Å². The molecule has 1 rings (SSSR count). The van der Waals surface area contributed by atoms with Crippen molar-refractivity contribution in [3.05, 3.63) is 29.8 Å². The van der Waals surface area contributed by atoms with E-state index in [0.29, 0.717) is 18.3 Å². The quantitative estimate of drug-likeness (QED) is 0.346. The van der Waals surface area contributed by atoms with E-state index < -0.39 is 5.97 Å². The first kappa shape index (κ1) is 14.2. The Labute approximate surface area is 110 Å². The third kappa shape index (κ3) is 4.98. The smallest absolute Gasteiger partial charge is 0.335 e. The number of aromatic carboxylic acids is 1. The van der Waals surface area contributed by atoms with Crippen molar-refractivity contribution in [2.24, 2.45) is 0 Å². The van der Waals surface area contributed by atoms with Gasteiger partial charge in [0.15, 0.2) is 5.11 Å². The Hall–Kier alpha value is -1.86. The lowest BCUT2D eigenvalue weighted by atomic mass is 10.2. The number of methoxy groups -OCH3 is 1. The van der Waals surface area contributed by atoms with Crippen LogP contribution in [-0.2, 0) is 4.74 Å². The first-order valence-corrected chi connectivity index (χ1v) is 5.66. The van der Waals surface area contributed by atoms with Gasteiger partial charge in [0.25, 0.3) is 0 Å². The topological polar surface area (TPSA) is 82.6 Å². The molecule has 4 N–H and O–H groups in total. The lowest BCUT2D eigenvalue weighted by Gasteiger charge is -2.12. The van der Waals surface area contributed by atoms with Crippen LogP contribution in [0.25, 0.3) is 0 Å². The Morgan fingerprint density at radius 3 is 2.61 bits per heavy atom. The second-order valence-electron chi connectivity index (χ2n) is 3.38. The van der Waals surface area contributed by atoms with E-state index in [-0.39, 0.29) is 5.56 Å². The van der Waals surface area contributed by atoms with Crippen molar-refractivity contribution >= 4 is 29.0 Å². The van der Waals surface area contributed by atoms with Crippen molar-refractivity contribution in [1.82, 2.24) is 10.7 Å². The minimum Gasteiger partial charge on any atom is -0.478 e. The van der Waals surface area contributed by atoms with Crippen LogP contribution in [0.1, 0.15) is 10.4 Å². The number of carboxylic acids is 1. The number of hydrazine groups is 1. The predicted molar refractivity (Wildman–Crippen MR) is 72.6 cm³/mol. The van der Waals surface area contributed by atoms with E-state index in [1.807, 2.05) is 0 Å². The number of anilines is 1. The van der Waals surface area contributed by atoms with Crippen LogP contribution in [0.2, 0.25) is 0 Å². The molecule has 0 aromatic heterocycles. The molecule has 0 unspecified atom stereocenters. The predicted octanol–water partition coefficient (Wildman–Crippen LogP) is 0.822. The Balaban J connectivity index is 2.34. The number of hydrogen-bond acceptors (Lipinski definition) is 4. The summed E-state index contributed by atoms with van der Waals surface area (Å²) >= 11 is 5.00. The zero-order chi connectivity index (χ0) is 13.4. The Morgan fingerprint density at radius 1 is 1.39 bits per heavy atom. The van der Waals surface area contributed by atoms with Crippen LogP contribution in [0.15, 0.2) is 24.3 Å². The third-order valence-corrected chi connectivity index (χ3v) is 2.29. The van der Waals surface area contributed by atoms with Crippen LogP contribution < -0.4 is 16.2 Å². The fraction of sp³-hybridized carbons (Fsp3) is 0.273. The number of hydrogen-bond donors (Lipinski definition) is 4. The van der Waals surface area contributed by atoms with Gasteiger partial charge in [-0.05, 0) is 36.5 Å². The first-order valence-electron chi connectivity index (χ1n) is 5.25. The summed E-state index contributed by atoms with van der Waals surface area (Å²) in [5.41, 5.74) is 6.58. The van der Waals surface area contributed by atoms with Gasteiger partial charge in [-0.1, -0.05) is 0 Å². The summed E-state index contributed by atoms with van der Waals surface area (Å²) in [6, 6.07) is 6.31. The SMILES string of the molecule is COCCNC(=S)NNc1ccc(C(=O)O)cc1. The highest BCUT2D eigenvalue weighted by Gasteiger charge is 2.01. The van der Waals surface area contributed by atoms with Gasteiger partial charge in [0, 0.05) is 13.7 Å². The average molecular weight is 269 g/mol. The molecular formula is C11H15N3O3S. The molecule has 0 saturated carbocycles. The summed E-state index contributed by atoms with van der Waals surface area (Å²) in [6.07, 6.45) is 0. The van der Waals surface area contributed by atoms with Gasteiger partial charge in [0.2, 0.25) is 0 Å². The molecule has 0 atom stereocenters. The van der Waals surface area contributed by atoms with Crippen molar-refractivity contribution in [3.8, 4) is 0 Å². The molecule has 0 fully saturated rings. The van der Waals surface area contributed by atoms with E-state index in [9.17, 15) is 4.79 Å². The lowest BCUT2D eigenvalue weighted by molar-refractivity contribution is 0.0697. The fourth-order valence-corrected chi connectivity index (χ4v) is 1.29. The van der Waals surface area contributed by atoms with Gasteiger partial charge in [-0.3, -0.25) is 10.9 Å². The standard InChI is InChI=1S/C11H15N3O3S/c1-17-7-6-12-11(18)14-13-9-4-2-8(3-5-9)10(15)16/h2-5,13H,6-7H2,1H3,(H,15,16)(H2,12,14,18). The Bertz CT molecular complexity index is 408. The van der Waals surface area contributed by atoms with E-state index in [1.54, 1.807) is 19.2 Å². The van der Waals surface area contributed by atoms with Gasteiger partial charge in [-0.15, -0.1) is 0 Å². The van der Waals surface area contributed by atoms with E-state index in [0.717, 1.165) is 5.69 Å². The maximum absolute atomic E-state index is 10.6. The molecule has 1 aromatic carbocycles. The summed E-state index contributed by atoms with van der Waals surface area (Å²) in [4.78, 5) is 10.6. The highest BCUT2D eigenvalue weighted by atomic mass is 32.1. The largest absolute Gasteiger partial charge is 0.478 e.